The van der Waals surface area contributed by atoms with Crippen LogP contribution in [-0.4, -0.2) is 23.4 Å². The summed E-state index contributed by atoms with van der Waals surface area (Å²) >= 11 is 0. The molecule has 2 heteroatoms. The molecule has 1 N–H and O–H groups in total. The van der Waals surface area contributed by atoms with Crippen molar-refractivity contribution in [3.63, 3.8) is 0 Å². The van der Waals surface area contributed by atoms with E-state index in [1.807, 2.05) is 0 Å². The molecule has 84 valence electrons. The van der Waals surface area contributed by atoms with Crippen LogP contribution < -0.4 is 0 Å². The molecule has 0 aromatic heterocycles. The van der Waals surface area contributed by atoms with Crippen molar-refractivity contribution < 1.29 is 4.89 Å². The van der Waals surface area contributed by atoms with E-state index in [1.54, 1.807) is 0 Å². The Morgan fingerprint density at radius 2 is 1.86 bits per heavy atom. The zero-order valence-electron chi connectivity index (χ0n) is 9.84. The molecule has 0 radical (unpaired) electrons. The molecular formula is C12H26OP+. The third-order valence-electron chi connectivity index (χ3n) is 3.54. The van der Waals surface area contributed by atoms with Crippen LogP contribution in [0.4, 0.5) is 0 Å². The molecule has 0 bridgehead atoms. The van der Waals surface area contributed by atoms with Crippen LogP contribution in [0.3, 0.4) is 0 Å². The molecule has 1 heterocycles. The van der Waals surface area contributed by atoms with Gasteiger partial charge in [0, 0.05) is 0 Å². The second-order valence-electron chi connectivity index (χ2n) is 4.85. The summed E-state index contributed by atoms with van der Waals surface area (Å²) in [5.41, 5.74) is 0. The van der Waals surface area contributed by atoms with Gasteiger partial charge in [-0.1, -0.05) is 26.7 Å². The summed E-state index contributed by atoms with van der Waals surface area (Å²) in [4.78, 5) is 10.4. The van der Waals surface area contributed by atoms with Gasteiger partial charge in [-0.15, -0.1) is 0 Å². The maximum absolute atomic E-state index is 10.4. The van der Waals surface area contributed by atoms with Gasteiger partial charge in [-0.05, 0) is 31.6 Å². The highest BCUT2D eigenvalue weighted by atomic mass is 31.2. The highest BCUT2D eigenvalue weighted by molar-refractivity contribution is 7.70. The number of hydrogen-bond donors (Lipinski definition) is 1. The van der Waals surface area contributed by atoms with Crippen molar-refractivity contribution >= 4 is 7.49 Å². The molecule has 1 atom stereocenters. The summed E-state index contributed by atoms with van der Waals surface area (Å²) in [5.74, 6) is 0.811. The van der Waals surface area contributed by atoms with Crippen molar-refractivity contribution in [1.82, 2.24) is 0 Å². The van der Waals surface area contributed by atoms with Crippen LogP contribution in [0.1, 0.15) is 52.4 Å². The Morgan fingerprint density at radius 1 is 1.21 bits per heavy atom. The van der Waals surface area contributed by atoms with Crippen molar-refractivity contribution in [3.8, 4) is 0 Å². The van der Waals surface area contributed by atoms with E-state index in [0.29, 0.717) is 0 Å². The maximum atomic E-state index is 10.4. The van der Waals surface area contributed by atoms with Gasteiger partial charge in [-0.3, -0.25) is 4.89 Å². The molecule has 0 aliphatic carbocycles. The lowest BCUT2D eigenvalue weighted by Gasteiger charge is -2.20. The van der Waals surface area contributed by atoms with Crippen LogP contribution in [0, 0.1) is 5.92 Å². The minimum absolute atomic E-state index is 0.811. The summed E-state index contributed by atoms with van der Waals surface area (Å²) in [5, 5.41) is 0. The van der Waals surface area contributed by atoms with Gasteiger partial charge in [-0.2, -0.15) is 0 Å². The molecule has 0 aromatic rings. The normalized spacial score (nSPS) is 22.5. The molecule has 0 spiro atoms. The van der Waals surface area contributed by atoms with Gasteiger partial charge in [0.05, 0.1) is 18.5 Å². The summed E-state index contributed by atoms with van der Waals surface area (Å²) in [6, 6.07) is 0. The van der Waals surface area contributed by atoms with E-state index < -0.39 is 7.49 Å². The quantitative estimate of drug-likeness (QED) is 0.668. The predicted molar refractivity (Wildman–Crippen MR) is 66.3 cm³/mol. The Morgan fingerprint density at radius 3 is 2.36 bits per heavy atom. The standard InChI is InChI=1S/C12H26OP/c1-3-5-8-12(4-2)11-14(13)9-6-7-10-14/h12-13H,3-11H2,1-2H3/q+1. The first-order valence-electron chi connectivity index (χ1n) is 6.29. The molecule has 0 aromatic carbocycles. The third-order valence-corrected chi connectivity index (χ3v) is 7.03. The minimum Gasteiger partial charge on any atom is -0.252 e. The van der Waals surface area contributed by atoms with E-state index in [0.717, 1.165) is 18.2 Å². The summed E-state index contributed by atoms with van der Waals surface area (Å²) in [6.07, 6.45) is 11.3. The molecule has 0 saturated carbocycles. The van der Waals surface area contributed by atoms with Crippen molar-refractivity contribution in [1.29, 1.82) is 0 Å². The van der Waals surface area contributed by atoms with Crippen LogP contribution in [0.25, 0.3) is 0 Å². The summed E-state index contributed by atoms with van der Waals surface area (Å²) in [7, 11) is -1.43. The van der Waals surface area contributed by atoms with Gasteiger partial charge in [-0.25, -0.2) is 0 Å². The van der Waals surface area contributed by atoms with Crippen molar-refractivity contribution in [2.75, 3.05) is 18.5 Å². The van der Waals surface area contributed by atoms with Crippen molar-refractivity contribution in [3.05, 3.63) is 0 Å². The highest BCUT2D eigenvalue weighted by Crippen LogP contribution is 2.61. The summed E-state index contributed by atoms with van der Waals surface area (Å²) < 4.78 is 0. The lowest BCUT2D eigenvalue weighted by Crippen LogP contribution is -2.11. The summed E-state index contributed by atoms with van der Waals surface area (Å²) in [6.45, 7) is 4.54. The van der Waals surface area contributed by atoms with Gasteiger partial charge in [0.25, 0.3) is 0 Å². The number of rotatable bonds is 6. The van der Waals surface area contributed by atoms with Gasteiger partial charge < -0.3 is 0 Å². The Labute approximate surface area is 89.7 Å². The van der Waals surface area contributed by atoms with E-state index in [9.17, 15) is 4.89 Å². The van der Waals surface area contributed by atoms with E-state index in [1.165, 1.54) is 44.7 Å². The van der Waals surface area contributed by atoms with Crippen molar-refractivity contribution in [2.24, 2.45) is 5.92 Å². The number of unbranched alkanes of at least 4 members (excludes halogenated alkanes) is 1. The van der Waals surface area contributed by atoms with Crippen LogP contribution in [0.15, 0.2) is 0 Å². The fraction of sp³-hybridized carbons (Fsp3) is 1.00. The second kappa shape index (κ2) is 6.08. The second-order valence-corrected chi connectivity index (χ2v) is 8.30. The molecule has 1 aliphatic heterocycles. The Kier molecular flexibility index (Phi) is 5.41. The molecule has 14 heavy (non-hydrogen) atoms. The largest absolute Gasteiger partial charge is 0.252 e. The lowest BCUT2D eigenvalue weighted by atomic mass is 10.0. The fourth-order valence-corrected chi connectivity index (χ4v) is 6.12. The Hall–Kier alpha value is 0.390. The molecular weight excluding hydrogens is 191 g/mol. The Balaban J connectivity index is 2.30. The maximum Gasteiger partial charge on any atom is 0.142 e. The lowest BCUT2D eigenvalue weighted by molar-refractivity contribution is 0.478. The Bertz CT molecular complexity index is 152. The van der Waals surface area contributed by atoms with E-state index in [2.05, 4.69) is 13.8 Å². The van der Waals surface area contributed by atoms with Crippen LogP contribution in [-0.2, 0) is 0 Å². The third kappa shape index (κ3) is 3.87. The monoisotopic (exact) mass is 217 g/mol. The van der Waals surface area contributed by atoms with Crippen LogP contribution >= 0.6 is 7.49 Å². The van der Waals surface area contributed by atoms with Gasteiger partial charge in [0.1, 0.15) is 7.49 Å². The van der Waals surface area contributed by atoms with Gasteiger partial charge in [0.15, 0.2) is 0 Å². The molecule has 1 saturated heterocycles. The van der Waals surface area contributed by atoms with Crippen LogP contribution in [0.2, 0.25) is 0 Å². The topological polar surface area (TPSA) is 20.2 Å². The molecule has 0 amide bonds. The zero-order chi connectivity index (χ0) is 10.4. The van der Waals surface area contributed by atoms with Crippen molar-refractivity contribution in [2.45, 2.75) is 52.4 Å². The average molecular weight is 217 g/mol. The van der Waals surface area contributed by atoms with E-state index in [4.69, 9.17) is 0 Å². The molecule has 1 fully saturated rings. The van der Waals surface area contributed by atoms with Gasteiger partial charge in [0.2, 0.25) is 0 Å². The van der Waals surface area contributed by atoms with Crippen LogP contribution in [0.5, 0.6) is 0 Å². The van der Waals surface area contributed by atoms with E-state index in [-0.39, 0.29) is 0 Å². The SMILES string of the molecule is CCCCC(CC)C[P+]1(O)CCCC1. The average Bonchev–Trinajstić information content (AvgIpc) is 2.60. The first-order chi connectivity index (χ1) is 6.70. The van der Waals surface area contributed by atoms with E-state index >= 15 is 0 Å². The minimum atomic E-state index is -1.43. The first kappa shape index (κ1) is 12.5. The smallest absolute Gasteiger partial charge is 0.142 e. The number of hydrogen-bond acceptors (Lipinski definition) is 1. The molecule has 1 aliphatic rings. The van der Waals surface area contributed by atoms with Gasteiger partial charge >= 0.3 is 0 Å². The molecule has 1 nitrogen and oxygen atoms in total. The molecule has 1 rings (SSSR count). The highest BCUT2D eigenvalue weighted by Gasteiger charge is 2.40. The zero-order valence-corrected chi connectivity index (χ0v) is 10.7. The predicted octanol–water partition coefficient (Wildman–Crippen LogP) is 3.92. The fourth-order valence-electron chi connectivity index (χ4n) is 2.50. The first-order valence-corrected chi connectivity index (χ1v) is 8.59. The molecule has 1 unspecified atom stereocenters.